The number of benzene rings is 1. The zero-order valence-corrected chi connectivity index (χ0v) is 14.4. The summed E-state index contributed by atoms with van der Waals surface area (Å²) < 4.78 is 6.98. The lowest BCUT2D eigenvalue weighted by atomic mass is 10.1. The Bertz CT molecular complexity index is 969. The van der Waals surface area contributed by atoms with Gasteiger partial charge in [0.25, 0.3) is 6.04 Å². The second kappa shape index (κ2) is 7.22. The van der Waals surface area contributed by atoms with Crippen LogP contribution in [-0.4, -0.2) is 58.1 Å². The van der Waals surface area contributed by atoms with Crippen molar-refractivity contribution in [1.29, 1.82) is 5.26 Å². The van der Waals surface area contributed by atoms with Crippen molar-refractivity contribution in [2.24, 2.45) is 9.98 Å². The van der Waals surface area contributed by atoms with Crippen LogP contribution in [0.15, 0.2) is 34.5 Å². The standard InChI is InChI=1S/C17H17N7O3/c18-8-11-1-2-13-14(7-11)23(10-20-13)17-19-9-15(24(25)26)16(22-17)21-12-3-5-27-6-4-12/h1-2,7,9-10,12,15-16,21H,3-6H2. The van der Waals surface area contributed by atoms with Gasteiger partial charge in [0.05, 0.1) is 28.9 Å². The average molecular weight is 367 g/mol. The van der Waals surface area contributed by atoms with Gasteiger partial charge in [-0.1, -0.05) is 0 Å². The third kappa shape index (κ3) is 3.42. The highest BCUT2D eigenvalue weighted by atomic mass is 16.6. The van der Waals surface area contributed by atoms with Crippen LogP contribution in [0.2, 0.25) is 0 Å². The maximum Gasteiger partial charge on any atom is 0.283 e. The lowest BCUT2D eigenvalue weighted by molar-refractivity contribution is -0.505. The van der Waals surface area contributed by atoms with Crippen LogP contribution in [0, 0.1) is 21.4 Å². The molecule has 27 heavy (non-hydrogen) atoms. The number of fused-ring (bicyclic) bond motifs is 1. The van der Waals surface area contributed by atoms with Gasteiger partial charge in [-0.2, -0.15) is 5.26 Å². The molecule has 1 saturated heterocycles. The van der Waals surface area contributed by atoms with Gasteiger partial charge < -0.3 is 4.74 Å². The first-order valence-corrected chi connectivity index (χ1v) is 8.62. The Morgan fingerprint density at radius 3 is 2.93 bits per heavy atom. The van der Waals surface area contributed by atoms with E-state index in [2.05, 4.69) is 26.4 Å². The molecule has 0 amide bonds. The fraction of sp³-hybridized carbons (Fsp3) is 0.412. The highest BCUT2D eigenvalue weighted by Gasteiger charge is 2.35. The fourth-order valence-electron chi connectivity index (χ4n) is 3.23. The first-order chi connectivity index (χ1) is 13.2. The Labute approximate surface area is 154 Å². The fourth-order valence-corrected chi connectivity index (χ4v) is 3.23. The minimum Gasteiger partial charge on any atom is -0.381 e. The number of aromatic nitrogens is 2. The number of nitriles is 1. The van der Waals surface area contributed by atoms with Crippen LogP contribution in [0.4, 0.5) is 0 Å². The summed E-state index contributed by atoms with van der Waals surface area (Å²) in [6.45, 7) is 1.25. The quantitative estimate of drug-likeness (QED) is 0.634. The molecular formula is C17H17N7O3. The van der Waals surface area contributed by atoms with Crippen molar-refractivity contribution >= 4 is 23.2 Å². The Morgan fingerprint density at radius 1 is 1.37 bits per heavy atom. The Balaban J connectivity index is 1.67. The van der Waals surface area contributed by atoms with Gasteiger partial charge in [0, 0.05) is 24.2 Å². The number of hydrogen-bond donors (Lipinski definition) is 1. The number of nitrogens with zero attached hydrogens (tertiary/aromatic N) is 6. The summed E-state index contributed by atoms with van der Waals surface area (Å²) >= 11 is 0. The molecule has 2 aliphatic heterocycles. The van der Waals surface area contributed by atoms with E-state index in [0.29, 0.717) is 35.8 Å². The van der Waals surface area contributed by atoms with Gasteiger partial charge in [-0.3, -0.25) is 20.0 Å². The van der Waals surface area contributed by atoms with Crippen molar-refractivity contribution in [3.05, 3.63) is 40.2 Å². The number of rotatable bonds is 3. The first-order valence-electron chi connectivity index (χ1n) is 8.62. The molecule has 0 radical (unpaired) electrons. The normalized spacial score (nSPS) is 23.1. The maximum absolute atomic E-state index is 11.4. The van der Waals surface area contributed by atoms with Crippen molar-refractivity contribution < 1.29 is 9.66 Å². The number of hydrogen-bond acceptors (Lipinski definition) is 8. The van der Waals surface area contributed by atoms with E-state index < -0.39 is 12.2 Å². The third-order valence-electron chi connectivity index (χ3n) is 4.68. The first kappa shape index (κ1) is 17.3. The molecule has 2 unspecified atom stereocenters. The smallest absolute Gasteiger partial charge is 0.283 e. The molecule has 10 nitrogen and oxygen atoms in total. The molecule has 3 heterocycles. The summed E-state index contributed by atoms with van der Waals surface area (Å²) in [5.41, 5.74) is 1.86. The van der Waals surface area contributed by atoms with E-state index in [1.54, 1.807) is 29.1 Å². The van der Waals surface area contributed by atoms with E-state index in [9.17, 15) is 10.1 Å². The summed E-state index contributed by atoms with van der Waals surface area (Å²) in [5, 5.41) is 23.8. The van der Waals surface area contributed by atoms with Crippen LogP contribution in [0.5, 0.6) is 0 Å². The minimum absolute atomic E-state index is 0.104. The number of ether oxygens (including phenoxy) is 1. The Kier molecular flexibility index (Phi) is 4.62. The number of nitrogens with one attached hydrogen (secondary N) is 1. The van der Waals surface area contributed by atoms with Crippen molar-refractivity contribution in [3.8, 4) is 6.07 Å². The zero-order chi connectivity index (χ0) is 18.8. The molecule has 1 N–H and O–H groups in total. The highest BCUT2D eigenvalue weighted by molar-refractivity contribution is 5.98. The van der Waals surface area contributed by atoms with Gasteiger partial charge in [-0.15, -0.1) is 0 Å². The van der Waals surface area contributed by atoms with Gasteiger partial charge in [0.15, 0.2) is 6.17 Å². The van der Waals surface area contributed by atoms with Gasteiger partial charge in [-0.05, 0) is 31.0 Å². The second-order valence-corrected chi connectivity index (χ2v) is 6.41. The monoisotopic (exact) mass is 367 g/mol. The van der Waals surface area contributed by atoms with E-state index in [1.165, 1.54) is 6.21 Å². The molecule has 0 aliphatic carbocycles. The van der Waals surface area contributed by atoms with Crippen molar-refractivity contribution in [3.63, 3.8) is 0 Å². The summed E-state index contributed by atoms with van der Waals surface area (Å²) in [7, 11) is 0. The largest absolute Gasteiger partial charge is 0.381 e. The predicted molar refractivity (Wildman–Crippen MR) is 97.3 cm³/mol. The molecular weight excluding hydrogens is 350 g/mol. The van der Waals surface area contributed by atoms with Gasteiger partial charge >= 0.3 is 0 Å². The molecule has 1 aromatic heterocycles. The lowest BCUT2D eigenvalue weighted by Crippen LogP contribution is -2.51. The van der Waals surface area contributed by atoms with Gasteiger partial charge in [-0.25, -0.2) is 15.0 Å². The Morgan fingerprint density at radius 2 is 2.19 bits per heavy atom. The number of nitro groups is 1. The SMILES string of the molecule is N#Cc1ccc2ncn(C3=NC(NC4CCOCC4)C([N+](=O)[O-])C=N3)c2c1. The molecule has 0 bridgehead atoms. The van der Waals surface area contributed by atoms with Gasteiger partial charge in [0.2, 0.25) is 5.96 Å². The molecule has 10 heteroatoms. The van der Waals surface area contributed by atoms with Crippen LogP contribution >= 0.6 is 0 Å². The van der Waals surface area contributed by atoms with Crippen LogP contribution in [0.25, 0.3) is 11.0 Å². The second-order valence-electron chi connectivity index (χ2n) is 6.41. The molecule has 2 atom stereocenters. The molecule has 0 saturated carbocycles. The molecule has 4 rings (SSSR count). The Hall–Kier alpha value is -3.16. The number of aliphatic imine (C=N–C) groups is 2. The molecule has 2 aromatic rings. The summed E-state index contributed by atoms with van der Waals surface area (Å²) in [6, 6.07) is 6.28. The maximum atomic E-state index is 11.4. The molecule has 2 aliphatic rings. The third-order valence-corrected chi connectivity index (χ3v) is 4.68. The lowest BCUT2D eigenvalue weighted by Gasteiger charge is -2.28. The molecule has 1 fully saturated rings. The van der Waals surface area contributed by atoms with Crippen molar-refractivity contribution in [2.75, 3.05) is 13.2 Å². The van der Waals surface area contributed by atoms with Crippen LogP contribution < -0.4 is 5.32 Å². The van der Waals surface area contributed by atoms with E-state index in [0.717, 1.165) is 12.8 Å². The molecule has 138 valence electrons. The summed E-state index contributed by atoms with van der Waals surface area (Å²) in [4.78, 5) is 24.0. The van der Waals surface area contributed by atoms with Crippen LogP contribution in [0.1, 0.15) is 18.4 Å². The highest BCUT2D eigenvalue weighted by Crippen LogP contribution is 2.18. The van der Waals surface area contributed by atoms with E-state index >= 15 is 0 Å². The van der Waals surface area contributed by atoms with Gasteiger partial charge in [0.1, 0.15) is 6.33 Å². The minimum atomic E-state index is -1.04. The zero-order valence-electron chi connectivity index (χ0n) is 14.4. The predicted octanol–water partition coefficient (Wildman–Crippen LogP) is 0.936. The van der Waals surface area contributed by atoms with Crippen LogP contribution in [0.3, 0.4) is 0 Å². The average Bonchev–Trinajstić information content (AvgIpc) is 3.11. The molecule has 0 spiro atoms. The van der Waals surface area contributed by atoms with Crippen molar-refractivity contribution in [1.82, 2.24) is 14.9 Å². The van der Waals surface area contributed by atoms with E-state index in [-0.39, 0.29) is 11.0 Å². The summed E-state index contributed by atoms with van der Waals surface area (Å²) in [6.07, 6.45) is 3.69. The van der Waals surface area contributed by atoms with Crippen LogP contribution in [-0.2, 0) is 4.74 Å². The molecule has 1 aromatic carbocycles. The van der Waals surface area contributed by atoms with E-state index in [4.69, 9.17) is 10.00 Å². The topological polar surface area (TPSA) is 131 Å². The number of imidazole rings is 1. The van der Waals surface area contributed by atoms with Crippen molar-refractivity contribution in [2.45, 2.75) is 31.1 Å². The van der Waals surface area contributed by atoms with E-state index in [1.807, 2.05) is 0 Å². The summed E-state index contributed by atoms with van der Waals surface area (Å²) in [5.74, 6) is 0.301.